The summed E-state index contributed by atoms with van der Waals surface area (Å²) < 4.78 is 0. The van der Waals surface area contributed by atoms with Crippen molar-refractivity contribution in [3.05, 3.63) is 47.5 Å². The van der Waals surface area contributed by atoms with Gasteiger partial charge in [0.25, 0.3) is 0 Å². The minimum Gasteiger partial charge on any atom is -0.106 e. The maximum atomic E-state index is 5.00. The average Bonchev–Trinajstić information content (AvgIpc) is 2.79. The fourth-order valence-corrected chi connectivity index (χ4v) is 2.09. The Kier molecular flexibility index (Phi) is 9.38. The number of hydrogen-bond acceptors (Lipinski definition) is 0. The zero-order chi connectivity index (χ0) is 22.0. The highest BCUT2D eigenvalue weighted by atomic mass is 14.0. The summed E-state index contributed by atoms with van der Waals surface area (Å²) in [4.78, 5) is 0. The molecule has 0 radical (unpaired) electrons. The van der Waals surface area contributed by atoms with E-state index >= 15 is 0 Å². The largest absolute Gasteiger partial charge is 0.106 e. The van der Waals surface area contributed by atoms with E-state index in [9.17, 15) is 0 Å². The Morgan fingerprint density at radius 2 is 0.903 bits per heavy atom. The molecule has 0 heteroatoms. The molecular formula is C31H10. The highest BCUT2D eigenvalue weighted by molar-refractivity contribution is 5.86. The van der Waals surface area contributed by atoms with Crippen molar-refractivity contribution >= 4 is 10.8 Å². The van der Waals surface area contributed by atoms with Crippen LogP contribution in [0.1, 0.15) is 18.1 Å². The second-order valence-electron chi connectivity index (χ2n) is 5.26. The van der Waals surface area contributed by atoms with Crippen molar-refractivity contribution in [2.75, 3.05) is 0 Å². The van der Waals surface area contributed by atoms with E-state index in [0.717, 1.165) is 21.9 Å². The number of fused-ring (bicyclic) bond motifs is 1. The minimum absolute atomic E-state index is 0.748. The molecule has 0 nitrogen and oxygen atoms in total. The number of terminal acetylenes is 1. The van der Waals surface area contributed by atoms with Gasteiger partial charge in [-0.1, -0.05) is 42.0 Å². The first-order valence-electron chi connectivity index (χ1n) is 8.77. The molecule has 0 aliphatic carbocycles. The van der Waals surface area contributed by atoms with Crippen LogP contribution >= 0.6 is 0 Å². The molecule has 0 atom stereocenters. The Bertz CT molecular complexity index is 1630. The molecule has 2 aromatic rings. The normalized spacial score (nSPS) is 6.45. The summed E-state index contributed by atoms with van der Waals surface area (Å²) in [6, 6.07) is 11.9. The van der Waals surface area contributed by atoms with E-state index in [1.54, 1.807) is 6.92 Å². The van der Waals surface area contributed by atoms with Gasteiger partial charge in [-0.3, -0.25) is 0 Å². The van der Waals surface area contributed by atoms with Gasteiger partial charge < -0.3 is 0 Å². The summed E-state index contributed by atoms with van der Waals surface area (Å²) in [5.74, 6) is 49.9. The van der Waals surface area contributed by atoms with E-state index in [-0.39, 0.29) is 0 Å². The Morgan fingerprint density at radius 3 is 1.32 bits per heavy atom. The first kappa shape index (κ1) is 21.6. The van der Waals surface area contributed by atoms with E-state index < -0.39 is 0 Å². The summed E-state index contributed by atoms with van der Waals surface area (Å²) in [7, 11) is 0. The quantitative estimate of drug-likeness (QED) is 0.614. The van der Waals surface area contributed by atoms with Crippen LogP contribution in [0.5, 0.6) is 0 Å². The molecule has 2 aromatic carbocycles. The molecule has 0 N–H and O–H groups in total. The average molecular weight is 382 g/mol. The van der Waals surface area contributed by atoms with Crippen LogP contribution in [-0.4, -0.2) is 0 Å². The predicted molar refractivity (Wildman–Crippen MR) is 127 cm³/mol. The summed E-state index contributed by atoms with van der Waals surface area (Å²) in [5.41, 5.74) is 1.50. The van der Waals surface area contributed by atoms with Crippen LogP contribution in [0, 0.1) is 119 Å². The molecule has 0 aliphatic heterocycles. The molecule has 0 saturated carbocycles. The van der Waals surface area contributed by atoms with Crippen molar-refractivity contribution in [3.63, 3.8) is 0 Å². The smallest absolute Gasteiger partial charge is 0.0418 e. The van der Waals surface area contributed by atoms with Crippen molar-refractivity contribution in [2.24, 2.45) is 0 Å². The molecule has 0 aliphatic rings. The van der Waals surface area contributed by atoms with Crippen molar-refractivity contribution in [1.82, 2.24) is 0 Å². The SMILES string of the molecule is C#CC#CC#CC#CC#Cc1cc2ccccc2cc1C#CC#CC#CC#CC#CC. The third-order valence-electron chi connectivity index (χ3n) is 3.29. The van der Waals surface area contributed by atoms with Gasteiger partial charge in [-0.15, -0.1) is 6.42 Å². The second-order valence-corrected chi connectivity index (χ2v) is 5.26. The van der Waals surface area contributed by atoms with Gasteiger partial charge in [0, 0.05) is 11.1 Å². The number of rotatable bonds is 0. The molecule has 0 saturated heterocycles. The van der Waals surface area contributed by atoms with Crippen molar-refractivity contribution < 1.29 is 0 Å². The van der Waals surface area contributed by atoms with Crippen LogP contribution in [0.15, 0.2) is 36.4 Å². The van der Waals surface area contributed by atoms with E-state index in [4.69, 9.17) is 6.42 Å². The van der Waals surface area contributed by atoms with Crippen molar-refractivity contribution in [2.45, 2.75) is 6.92 Å². The van der Waals surface area contributed by atoms with E-state index in [1.165, 1.54) is 0 Å². The molecule has 31 heavy (non-hydrogen) atoms. The molecule has 134 valence electrons. The molecule has 0 heterocycles. The summed E-state index contributed by atoms with van der Waals surface area (Å²) in [6.07, 6.45) is 5.00. The Morgan fingerprint density at radius 1 is 0.516 bits per heavy atom. The summed E-state index contributed by atoms with van der Waals surface area (Å²) in [5, 5.41) is 2.11. The van der Waals surface area contributed by atoms with Gasteiger partial charge in [-0.2, -0.15) is 0 Å². The summed E-state index contributed by atoms with van der Waals surface area (Å²) >= 11 is 0. The highest BCUT2D eigenvalue weighted by Crippen LogP contribution is 2.19. The lowest BCUT2D eigenvalue weighted by Gasteiger charge is -2.01. The molecule has 0 fully saturated rings. The van der Waals surface area contributed by atoms with E-state index in [1.807, 2.05) is 36.4 Å². The Balaban J connectivity index is 2.33. The third-order valence-corrected chi connectivity index (χ3v) is 3.29. The van der Waals surface area contributed by atoms with Gasteiger partial charge in [0.15, 0.2) is 0 Å². The van der Waals surface area contributed by atoms with Crippen LogP contribution < -0.4 is 0 Å². The van der Waals surface area contributed by atoms with Crippen LogP contribution in [0.25, 0.3) is 10.8 Å². The minimum atomic E-state index is 0.748. The molecule has 0 unspecified atom stereocenters. The third kappa shape index (κ3) is 8.24. The van der Waals surface area contributed by atoms with Crippen molar-refractivity contribution in [3.8, 4) is 119 Å². The molecule has 0 amide bonds. The van der Waals surface area contributed by atoms with Gasteiger partial charge in [-0.05, 0) is 125 Å². The highest BCUT2D eigenvalue weighted by Gasteiger charge is 2.00. The lowest BCUT2D eigenvalue weighted by atomic mass is 10.0. The monoisotopic (exact) mass is 382 g/mol. The first-order valence-corrected chi connectivity index (χ1v) is 8.77. The molecule has 0 aromatic heterocycles. The van der Waals surface area contributed by atoms with Crippen LogP contribution in [0.2, 0.25) is 0 Å². The Labute approximate surface area is 184 Å². The second kappa shape index (κ2) is 13.5. The van der Waals surface area contributed by atoms with Gasteiger partial charge in [0.1, 0.15) is 0 Å². The van der Waals surface area contributed by atoms with Gasteiger partial charge >= 0.3 is 0 Å². The lowest BCUT2D eigenvalue weighted by Crippen LogP contribution is -1.85. The number of benzene rings is 2. The molecule has 0 spiro atoms. The van der Waals surface area contributed by atoms with Gasteiger partial charge in [0.05, 0.1) is 0 Å². The first-order chi connectivity index (χ1) is 15.3. The number of hydrogen-bond donors (Lipinski definition) is 0. The van der Waals surface area contributed by atoms with E-state index in [0.29, 0.717) is 0 Å². The van der Waals surface area contributed by atoms with Crippen LogP contribution in [0.3, 0.4) is 0 Å². The predicted octanol–water partition coefficient (Wildman–Crippen LogP) is 3.22. The lowest BCUT2D eigenvalue weighted by molar-refractivity contribution is 1.64. The standard InChI is InChI=1S/C31H10/c1-3-5-7-9-11-13-15-17-19-23-29-27-31-25-21-20-24-30(31)26-28(29)22-18-16-14-12-10-8-6-4-2/h2,20-21,24-27H,1H3. The molecule has 2 rings (SSSR count). The topological polar surface area (TPSA) is 0 Å². The Hall–Kier alpha value is -5.70. The summed E-state index contributed by atoms with van der Waals surface area (Å²) in [6.45, 7) is 1.71. The maximum absolute atomic E-state index is 5.00. The molecular weight excluding hydrogens is 372 g/mol. The zero-order valence-electron chi connectivity index (χ0n) is 16.5. The fraction of sp³-hybridized carbons (Fsp3) is 0.0323. The van der Waals surface area contributed by atoms with Gasteiger partial charge in [-0.25, -0.2) is 0 Å². The maximum Gasteiger partial charge on any atom is 0.0418 e. The van der Waals surface area contributed by atoms with Crippen molar-refractivity contribution in [1.29, 1.82) is 0 Å². The van der Waals surface area contributed by atoms with Crippen LogP contribution in [-0.2, 0) is 0 Å². The van der Waals surface area contributed by atoms with Crippen LogP contribution in [0.4, 0.5) is 0 Å². The molecule has 0 bridgehead atoms. The zero-order valence-corrected chi connectivity index (χ0v) is 16.5. The van der Waals surface area contributed by atoms with Gasteiger partial charge in [0.2, 0.25) is 0 Å². The fourth-order valence-electron chi connectivity index (χ4n) is 2.09. The van der Waals surface area contributed by atoms with E-state index in [2.05, 4.69) is 112 Å².